The van der Waals surface area contributed by atoms with E-state index >= 15 is 0 Å². The highest BCUT2D eigenvalue weighted by Crippen LogP contribution is 2.04. The van der Waals surface area contributed by atoms with Gasteiger partial charge in [-0.25, -0.2) is 4.79 Å². The van der Waals surface area contributed by atoms with Crippen molar-refractivity contribution in [3.63, 3.8) is 0 Å². The van der Waals surface area contributed by atoms with Gasteiger partial charge in [0.2, 0.25) is 17.7 Å². The molecule has 0 fully saturated rings. The summed E-state index contributed by atoms with van der Waals surface area (Å²) in [6, 6.07) is -4.13. The number of carboxylic acid groups (broad SMARTS) is 1. The van der Waals surface area contributed by atoms with Crippen LogP contribution in [0.1, 0.15) is 19.8 Å². The number of thioether (sulfide) groups is 2. The molecule has 4 atom stereocenters. The van der Waals surface area contributed by atoms with Crippen LogP contribution in [0.15, 0.2) is 0 Å². The summed E-state index contributed by atoms with van der Waals surface area (Å²) in [4.78, 5) is 47.6. The van der Waals surface area contributed by atoms with E-state index in [2.05, 4.69) is 16.0 Å². The third-order valence-corrected chi connectivity index (χ3v) is 5.05. The molecular formula is C16H30N4O6S2. The largest absolute Gasteiger partial charge is 0.480 e. The highest BCUT2D eigenvalue weighted by atomic mass is 32.2. The van der Waals surface area contributed by atoms with Crippen LogP contribution in [0, 0.1) is 0 Å². The third kappa shape index (κ3) is 10.2. The highest BCUT2D eigenvalue weighted by molar-refractivity contribution is 7.98. The molecule has 10 nitrogen and oxygen atoms in total. The number of rotatable bonds is 14. The molecule has 0 aromatic heterocycles. The van der Waals surface area contributed by atoms with Crippen molar-refractivity contribution < 1.29 is 29.4 Å². The van der Waals surface area contributed by atoms with Gasteiger partial charge in [0.15, 0.2) is 0 Å². The molecule has 0 saturated carbocycles. The van der Waals surface area contributed by atoms with E-state index in [4.69, 9.17) is 15.9 Å². The molecule has 12 heteroatoms. The Kier molecular flexibility index (Phi) is 13.7. The van der Waals surface area contributed by atoms with Crippen LogP contribution in [0.3, 0.4) is 0 Å². The van der Waals surface area contributed by atoms with Crippen molar-refractivity contribution in [2.75, 3.05) is 30.6 Å². The second-order valence-corrected chi connectivity index (χ2v) is 8.01. The fourth-order valence-corrected chi connectivity index (χ4v) is 2.98. The number of hydrogen-bond acceptors (Lipinski definition) is 8. The predicted octanol–water partition coefficient (Wildman–Crippen LogP) is -1.63. The molecule has 0 bridgehead atoms. The minimum Gasteiger partial charge on any atom is -0.480 e. The van der Waals surface area contributed by atoms with Gasteiger partial charge in [-0.05, 0) is 43.8 Å². The minimum absolute atomic E-state index is 0.344. The number of aliphatic hydroxyl groups is 1. The number of aliphatic carboxylic acids is 1. The molecular weight excluding hydrogens is 408 g/mol. The lowest BCUT2D eigenvalue weighted by Crippen LogP contribution is -2.56. The number of hydrogen-bond donors (Lipinski definition) is 6. The van der Waals surface area contributed by atoms with Crippen LogP contribution < -0.4 is 21.7 Å². The number of nitrogens with two attached hydrogens (primary N) is 1. The summed E-state index contributed by atoms with van der Waals surface area (Å²) in [6.07, 6.45) is 4.58. The zero-order valence-corrected chi connectivity index (χ0v) is 17.9. The van der Waals surface area contributed by atoms with Crippen LogP contribution in [0.2, 0.25) is 0 Å². The van der Waals surface area contributed by atoms with E-state index in [1.807, 2.05) is 12.5 Å². The molecule has 0 aliphatic heterocycles. The topological polar surface area (TPSA) is 171 Å². The van der Waals surface area contributed by atoms with Crippen LogP contribution in [-0.2, 0) is 19.2 Å². The van der Waals surface area contributed by atoms with Crippen molar-refractivity contribution >= 4 is 47.2 Å². The maximum atomic E-state index is 12.5. The first-order valence-electron chi connectivity index (χ1n) is 8.66. The fraction of sp³-hybridized carbons (Fsp3) is 0.750. The number of aliphatic hydroxyl groups excluding tert-OH is 1. The van der Waals surface area contributed by atoms with Gasteiger partial charge in [0.1, 0.15) is 18.1 Å². The summed E-state index contributed by atoms with van der Waals surface area (Å²) < 4.78 is 0. The summed E-state index contributed by atoms with van der Waals surface area (Å²) in [6.45, 7) is 0.600. The molecule has 0 aromatic carbocycles. The first-order valence-corrected chi connectivity index (χ1v) is 11.4. The van der Waals surface area contributed by atoms with E-state index in [1.165, 1.54) is 18.7 Å². The van der Waals surface area contributed by atoms with E-state index in [9.17, 15) is 19.2 Å². The Bertz CT molecular complexity index is 537. The summed E-state index contributed by atoms with van der Waals surface area (Å²) in [5.74, 6) is -1.86. The van der Waals surface area contributed by atoms with Gasteiger partial charge >= 0.3 is 5.97 Å². The SMILES string of the molecule is CSCCC(N)C(=O)NC(CCSC)C(=O)NC(C)C(=O)NC(CO)C(=O)O. The van der Waals surface area contributed by atoms with Gasteiger partial charge in [-0.15, -0.1) is 0 Å². The van der Waals surface area contributed by atoms with Gasteiger partial charge in [0.05, 0.1) is 12.6 Å². The minimum atomic E-state index is -1.46. The number of carbonyl (C=O) groups is 4. The van der Waals surface area contributed by atoms with Crippen molar-refractivity contribution in [2.24, 2.45) is 5.73 Å². The van der Waals surface area contributed by atoms with Crippen LogP contribution in [-0.4, -0.2) is 88.7 Å². The van der Waals surface area contributed by atoms with Gasteiger partial charge in [0, 0.05) is 0 Å². The molecule has 0 spiro atoms. The van der Waals surface area contributed by atoms with E-state index in [0.717, 1.165) is 0 Å². The summed E-state index contributed by atoms with van der Waals surface area (Å²) in [5, 5.41) is 25.0. The summed E-state index contributed by atoms with van der Waals surface area (Å²) in [5.41, 5.74) is 5.82. The first kappa shape index (κ1) is 26.5. The first-order chi connectivity index (χ1) is 13.2. The zero-order valence-electron chi connectivity index (χ0n) is 16.3. The van der Waals surface area contributed by atoms with Crippen molar-refractivity contribution in [3.8, 4) is 0 Å². The van der Waals surface area contributed by atoms with Crippen molar-refractivity contribution in [1.29, 1.82) is 0 Å². The standard InChI is InChI=1S/C16H30N4O6S2/c1-9(13(22)20-12(8-21)16(25)26)18-15(24)11(5-7-28-3)19-14(23)10(17)4-6-27-2/h9-12,21H,4-8,17H2,1-3H3,(H,18,24)(H,19,23)(H,20,22)(H,25,26). The maximum absolute atomic E-state index is 12.5. The van der Waals surface area contributed by atoms with Crippen LogP contribution >= 0.6 is 23.5 Å². The number of nitrogens with one attached hydrogen (secondary N) is 3. The summed E-state index contributed by atoms with van der Waals surface area (Å²) in [7, 11) is 0. The Hall–Kier alpha value is -1.50. The molecule has 0 heterocycles. The van der Waals surface area contributed by atoms with Crippen molar-refractivity contribution in [2.45, 2.75) is 43.9 Å². The molecule has 0 radical (unpaired) electrons. The number of amides is 3. The number of carbonyl (C=O) groups excluding carboxylic acids is 3. The predicted molar refractivity (Wildman–Crippen MR) is 110 cm³/mol. The second-order valence-electron chi connectivity index (χ2n) is 6.04. The molecule has 0 aromatic rings. The Morgan fingerprint density at radius 2 is 1.43 bits per heavy atom. The smallest absolute Gasteiger partial charge is 0.328 e. The molecule has 3 amide bonds. The molecule has 28 heavy (non-hydrogen) atoms. The molecule has 0 saturated heterocycles. The van der Waals surface area contributed by atoms with Crippen LogP contribution in [0.4, 0.5) is 0 Å². The molecule has 7 N–H and O–H groups in total. The lowest BCUT2D eigenvalue weighted by Gasteiger charge is -2.23. The Morgan fingerprint density at radius 3 is 1.93 bits per heavy atom. The van der Waals surface area contributed by atoms with E-state index in [-0.39, 0.29) is 0 Å². The molecule has 0 aliphatic carbocycles. The third-order valence-electron chi connectivity index (χ3n) is 3.76. The highest BCUT2D eigenvalue weighted by Gasteiger charge is 2.27. The summed E-state index contributed by atoms with van der Waals surface area (Å²) >= 11 is 3.06. The monoisotopic (exact) mass is 438 g/mol. The van der Waals surface area contributed by atoms with E-state index in [0.29, 0.717) is 24.3 Å². The van der Waals surface area contributed by atoms with E-state index < -0.39 is 54.5 Å². The molecule has 0 rings (SSSR count). The Morgan fingerprint density at radius 1 is 0.893 bits per heavy atom. The Balaban J connectivity index is 4.88. The quantitative estimate of drug-likeness (QED) is 0.186. The molecule has 4 unspecified atom stereocenters. The molecule has 0 aliphatic rings. The van der Waals surface area contributed by atoms with Gasteiger partial charge in [-0.2, -0.15) is 23.5 Å². The average molecular weight is 439 g/mol. The van der Waals surface area contributed by atoms with Gasteiger partial charge in [0.25, 0.3) is 0 Å². The molecule has 162 valence electrons. The van der Waals surface area contributed by atoms with Crippen LogP contribution in [0.25, 0.3) is 0 Å². The van der Waals surface area contributed by atoms with Crippen molar-refractivity contribution in [1.82, 2.24) is 16.0 Å². The normalized spacial score (nSPS) is 15.0. The van der Waals surface area contributed by atoms with Crippen LogP contribution in [0.5, 0.6) is 0 Å². The van der Waals surface area contributed by atoms with Crippen molar-refractivity contribution in [3.05, 3.63) is 0 Å². The van der Waals surface area contributed by atoms with Gasteiger partial charge < -0.3 is 31.9 Å². The zero-order chi connectivity index (χ0) is 21.7. The fourth-order valence-electron chi connectivity index (χ4n) is 2.02. The number of carboxylic acids is 1. The van der Waals surface area contributed by atoms with Gasteiger partial charge in [-0.3, -0.25) is 14.4 Å². The second kappa shape index (κ2) is 14.5. The lowest BCUT2D eigenvalue weighted by molar-refractivity contribution is -0.143. The van der Waals surface area contributed by atoms with E-state index in [1.54, 1.807) is 11.8 Å². The lowest BCUT2D eigenvalue weighted by atomic mass is 10.1. The maximum Gasteiger partial charge on any atom is 0.328 e. The van der Waals surface area contributed by atoms with Gasteiger partial charge in [-0.1, -0.05) is 0 Å². The average Bonchev–Trinajstić information content (AvgIpc) is 2.66. The Labute approximate surface area is 173 Å².